The van der Waals surface area contributed by atoms with Crippen LogP contribution in [-0.2, 0) is 16.1 Å². The van der Waals surface area contributed by atoms with Gasteiger partial charge in [-0.2, -0.15) is 0 Å². The first kappa shape index (κ1) is 14.1. The molecule has 2 aliphatic rings. The molecular formula is C17H21NO3. The van der Waals surface area contributed by atoms with Crippen LogP contribution in [-0.4, -0.2) is 17.9 Å². The average molecular weight is 287 g/mol. The van der Waals surface area contributed by atoms with Crippen LogP contribution in [0.4, 0.5) is 4.79 Å². The molecule has 2 aliphatic carbocycles. The minimum absolute atomic E-state index is 0.00164. The highest BCUT2D eigenvalue weighted by Gasteiger charge is 2.41. The summed E-state index contributed by atoms with van der Waals surface area (Å²) in [5, 5.41) is 2.89. The van der Waals surface area contributed by atoms with Crippen molar-refractivity contribution in [3.8, 4) is 0 Å². The number of ketones is 1. The highest BCUT2D eigenvalue weighted by Crippen LogP contribution is 2.37. The van der Waals surface area contributed by atoms with Crippen molar-refractivity contribution in [2.75, 3.05) is 0 Å². The zero-order chi connectivity index (χ0) is 14.7. The molecule has 2 saturated carbocycles. The Morgan fingerprint density at radius 3 is 2.76 bits per heavy atom. The standard InChI is InChI=1S/C17H21NO3/c19-16-13-7-4-8-14(16)15(10-9-13)18-17(20)21-11-12-5-2-1-3-6-12/h1-3,5-6,13-15H,4,7-11H2,(H,18,20). The lowest BCUT2D eigenvalue weighted by Gasteiger charge is -2.38. The van der Waals surface area contributed by atoms with Crippen molar-refractivity contribution >= 4 is 11.9 Å². The smallest absolute Gasteiger partial charge is 0.407 e. The third kappa shape index (κ3) is 3.26. The number of hydrogen-bond donors (Lipinski definition) is 1. The Morgan fingerprint density at radius 1 is 1.14 bits per heavy atom. The fraction of sp³-hybridized carbons (Fsp3) is 0.529. The number of hydrogen-bond acceptors (Lipinski definition) is 3. The molecule has 3 rings (SSSR count). The zero-order valence-corrected chi connectivity index (χ0v) is 12.1. The lowest BCUT2D eigenvalue weighted by molar-refractivity contribution is -0.132. The Balaban J connectivity index is 1.51. The fourth-order valence-electron chi connectivity index (χ4n) is 3.53. The third-order valence-corrected chi connectivity index (χ3v) is 4.66. The van der Waals surface area contributed by atoms with E-state index in [1.54, 1.807) is 0 Å². The van der Waals surface area contributed by atoms with Crippen molar-refractivity contribution in [1.29, 1.82) is 0 Å². The average Bonchev–Trinajstić information content (AvgIpc) is 2.49. The molecule has 4 nitrogen and oxygen atoms in total. The maximum Gasteiger partial charge on any atom is 0.407 e. The van der Waals surface area contributed by atoms with Crippen LogP contribution < -0.4 is 5.32 Å². The van der Waals surface area contributed by atoms with Crippen molar-refractivity contribution in [3.05, 3.63) is 35.9 Å². The van der Waals surface area contributed by atoms with Gasteiger partial charge in [-0.25, -0.2) is 4.79 Å². The molecule has 112 valence electrons. The molecule has 0 aliphatic heterocycles. The van der Waals surface area contributed by atoms with Crippen molar-refractivity contribution < 1.29 is 14.3 Å². The summed E-state index contributed by atoms with van der Waals surface area (Å²) in [6.45, 7) is 0.265. The number of benzene rings is 1. The summed E-state index contributed by atoms with van der Waals surface area (Å²) in [4.78, 5) is 24.1. The van der Waals surface area contributed by atoms with Crippen LogP contribution in [0.25, 0.3) is 0 Å². The minimum atomic E-state index is -0.416. The maximum atomic E-state index is 12.2. The minimum Gasteiger partial charge on any atom is -0.445 e. The Morgan fingerprint density at radius 2 is 1.95 bits per heavy atom. The summed E-state index contributed by atoms with van der Waals surface area (Å²) in [5.74, 6) is 0.588. The monoisotopic (exact) mass is 287 g/mol. The second-order valence-electron chi connectivity index (χ2n) is 6.03. The van der Waals surface area contributed by atoms with E-state index in [4.69, 9.17) is 4.74 Å². The maximum absolute atomic E-state index is 12.2. The summed E-state index contributed by atoms with van der Waals surface area (Å²) in [6, 6.07) is 9.55. The predicted octanol–water partition coefficient (Wildman–Crippen LogP) is 3.06. The molecule has 2 fully saturated rings. The van der Waals surface area contributed by atoms with E-state index in [0.29, 0.717) is 5.78 Å². The number of fused-ring (bicyclic) bond motifs is 2. The van der Waals surface area contributed by atoms with E-state index in [9.17, 15) is 9.59 Å². The molecule has 1 amide bonds. The first-order valence-electron chi connectivity index (χ1n) is 7.75. The SMILES string of the molecule is O=C(NC1CCC2CCCC1C2=O)OCc1ccccc1. The lowest BCUT2D eigenvalue weighted by Crippen LogP contribution is -2.50. The van der Waals surface area contributed by atoms with Gasteiger partial charge in [-0.15, -0.1) is 0 Å². The van der Waals surface area contributed by atoms with Crippen LogP contribution in [0.15, 0.2) is 30.3 Å². The number of ether oxygens (including phenoxy) is 1. The van der Waals surface area contributed by atoms with Gasteiger partial charge in [0.1, 0.15) is 12.4 Å². The Bertz CT molecular complexity index is 514. The number of nitrogens with one attached hydrogen (secondary N) is 1. The molecule has 21 heavy (non-hydrogen) atoms. The van der Waals surface area contributed by atoms with E-state index in [1.165, 1.54) is 0 Å². The number of amides is 1. The first-order chi connectivity index (χ1) is 10.2. The van der Waals surface area contributed by atoms with Gasteiger partial charge in [0.2, 0.25) is 0 Å². The number of carbonyl (C=O) groups excluding carboxylic acids is 2. The first-order valence-corrected chi connectivity index (χ1v) is 7.75. The van der Waals surface area contributed by atoms with Gasteiger partial charge >= 0.3 is 6.09 Å². The second-order valence-corrected chi connectivity index (χ2v) is 6.03. The molecule has 4 heteroatoms. The molecule has 0 radical (unpaired) electrons. The molecule has 1 aromatic carbocycles. The van der Waals surface area contributed by atoms with Gasteiger partial charge in [0.05, 0.1) is 0 Å². The van der Waals surface area contributed by atoms with E-state index in [-0.39, 0.29) is 24.5 Å². The van der Waals surface area contributed by atoms with Crippen molar-refractivity contribution in [1.82, 2.24) is 5.32 Å². The highest BCUT2D eigenvalue weighted by atomic mass is 16.5. The van der Waals surface area contributed by atoms with Gasteiger partial charge in [0, 0.05) is 17.9 Å². The largest absolute Gasteiger partial charge is 0.445 e. The van der Waals surface area contributed by atoms with Crippen LogP contribution in [0.3, 0.4) is 0 Å². The van der Waals surface area contributed by atoms with Crippen LogP contribution >= 0.6 is 0 Å². The van der Waals surface area contributed by atoms with E-state index in [2.05, 4.69) is 5.32 Å². The Hall–Kier alpha value is -1.84. The number of carbonyl (C=O) groups is 2. The number of rotatable bonds is 3. The summed E-state index contributed by atoms with van der Waals surface area (Å²) >= 11 is 0. The lowest BCUT2D eigenvalue weighted by atomic mass is 9.69. The molecule has 1 aromatic rings. The summed E-state index contributed by atoms with van der Waals surface area (Å²) < 4.78 is 5.24. The molecule has 2 bridgehead atoms. The van der Waals surface area contributed by atoms with Gasteiger partial charge in [0.25, 0.3) is 0 Å². The molecule has 3 unspecified atom stereocenters. The van der Waals surface area contributed by atoms with Crippen molar-refractivity contribution in [2.24, 2.45) is 11.8 Å². The van der Waals surface area contributed by atoms with Crippen molar-refractivity contribution in [2.45, 2.75) is 44.8 Å². The van der Waals surface area contributed by atoms with E-state index in [0.717, 1.165) is 37.7 Å². The van der Waals surface area contributed by atoms with Crippen LogP contribution in [0, 0.1) is 11.8 Å². The van der Waals surface area contributed by atoms with E-state index >= 15 is 0 Å². The number of alkyl carbamates (subject to hydrolysis) is 1. The zero-order valence-electron chi connectivity index (χ0n) is 12.1. The molecular weight excluding hydrogens is 266 g/mol. The Labute approximate surface area is 124 Å². The predicted molar refractivity (Wildman–Crippen MR) is 78.6 cm³/mol. The highest BCUT2D eigenvalue weighted by molar-refractivity contribution is 5.86. The molecule has 0 aromatic heterocycles. The molecule has 0 saturated heterocycles. The van der Waals surface area contributed by atoms with Gasteiger partial charge < -0.3 is 10.1 Å². The van der Waals surface area contributed by atoms with Crippen LogP contribution in [0.2, 0.25) is 0 Å². The van der Waals surface area contributed by atoms with Gasteiger partial charge in [-0.05, 0) is 31.2 Å². The fourth-order valence-corrected chi connectivity index (χ4v) is 3.53. The summed E-state index contributed by atoms with van der Waals surface area (Å²) in [5.41, 5.74) is 0.963. The van der Waals surface area contributed by atoms with Crippen molar-refractivity contribution in [3.63, 3.8) is 0 Å². The molecule has 3 atom stereocenters. The van der Waals surface area contributed by atoms with Crippen LogP contribution in [0.5, 0.6) is 0 Å². The second kappa shape index (κ2) is 6.29. The third-order valence-electron chi connectivity index (χ3n) is 4.66. The van der Waals surface area contributed by atoms with E-state index < -0.39 is 6.09 Å². The van der Waals surface area contributed by atoms with Gasteiger partial charge in [-0.3, -0.25) is 4.79 Å². The quantitative estimate of drug-likeness (QED) is 0.929. The molecule has 0 heterocycles. The Kier molecular flexibility index (Phi) is 4.23. The van der Waals surface area contributed by atoms with Crippen LogP contribution in [0.1, 0.15) is 37.7 Å². The van der Waals surface area contributed by atoms with Gasteiger partial charge in [-0.1, -0.05) is 36.8 Å². The molecule has 1 N–H and O–H groups in total. The van der Waals surface area contributed by atoms with E-state index in [1.807, 2.05) is 30.3 Å². The number of Topliss-reactive ketones (excluding diaryl/α,β-unsaturated/α-hetero) is 1. The van der Waals surface area contributed by atoms with Gasteiger partial charge in [0.15, 0.2) is 0 Å². The summed E-state index contributed by atoms with van der Waals surface area (Å²) in [7, 11) is 0. The summed E-state index contributed by atoms with van der Waals surface area (Å²) in [6.07, 6.45) is 4.40. The molecule has 0 spiro atoms. The topological polar surface area (TPSA) is 55.4 Å². The normalized spacial score (nSPS) is 28.0.